The van der Waals surface area contributed by atoms with E-state index in [1.54, 1.807) is 6.07 Å². The molecule has 0 fully saturated rings. The standard InChI is InChI=1S/C19H22Cl2N2O4S/c1-13-7-8-15(11-14(13)2)27-10-9-22-18(24)12-23(28(3,25)26)17-6-4-5-16(20)19(17)21/h4-8,11H,9-10,12H2,1-3H3,(H,22,24). The van der Waals surface area contributed by atoms with Crippen molar-refractivity contribution in [1.29, 1.82) is 0 Å². The van der Waals surface area contributed by atoms with Gasteiger partial charge in [-0.15, -0.1) is 0 Å². The van der Waals surface area contributed by atoms with Crippen LogP contribution in [0.25, 0.3) is 0 Å². The number of halogens is 2. The molecule has 0 aliphatic carbocycles. The van der Waals surface area contributed by atoms with Crippen LogP contribution in [0.1, 0.15) is 11.1 Å². The first-order valence-electron chi connectivity index (χ1n) is 8.48. The largest absolute Gasteiger partial charge is 0.492 e. The molecule has 0 aliphatic heterocycles. The van der Waals surface area contributed by atoms with Crippen LogP contribution in [0.5, 0.6) is 5.75 Å². The number of hydrogen-bond donors (Lipinski definition) is 1. The summed E-state index contributed by atoms with van der Waals surface area (Å²) < 4.78 is 30.8. The number of benzene rings is 2. The fourth-order valence-electron chi connectivity index (χ4n) is 2.42. The smallest absolute Gasteiger partial charge is 0.240 e. The third kappa shape index (κ3) is 6.02. The average molecular weight is 445 g/mol. The summed E-state index contributed by atoms with van der Waals surface area (Å²) >= 11 is 12.1. The Kier molecular flexibility index (Phi) is 7.57. The molecule has 0 radical (unpaired) electrons. The Labute approximate surface area is 175 Å². The summed E-state index contributed by atoms with van der Waals surface area (Å²) in [5.41, 5.74) is 2.43. The van der Waals surface area contributed by atoms with E-state index in [0.717, 1.165) is 16.1 Å². The van der Waals surface area contributed by atoms with Crippen LogP contribution in [-0.4, -0.2) is 40.3 Å². The SMILES string of the molecule is Cc1ccc(OCCNC(=O)CN(c2cccc(Cl)c2Cl)S(C)(=O)=O)cc1C. The van der Waals surface area contributed by atoms with Crippen LogP contribution in [0.4, 0.5) is 5.69 Å². The molecule has 1 N–H and O–H groups in total. The monoisotopic (exact) mass is 444 g/mol. The van der Waals surface area contributed by atoms with E-state index in [1.165, 1.54) is 17.7 Å². The van der Waals surface area contributed by atoms with Gasteiger partial charge in [0.15, 0.2) is 0 Å². The summed E-state index contributed by atoms with van der Waals surface area (Å²) in [6.07, 6.45) is 1.00. The molecule has 0 aliphatic rings. The van der Waals surface area contributed by atoms with Gasteiger partial charge in [-0.3, -0.25) is 9.10 Å². The third-order valence-electron chi connectivity index (χ3n) is 4.06. The molecule has 2 aromatic carbocycles. The number of rotatable bonds is 8. The first-order valence-corrected chi connectivity index (χ1v) is 11.1. The second kappa shape index (κ2) is 9.49. The summed E-state index contributed by atoms with van der Waals surface area (Å²) in [6.45, 7) is 4.07. The van der Waals surface area contributed by atoms with Crippen molar-refractivity contribution >= 4 is 44.8 Å². The third-order valence-corrected chi connectivity index (χ3v) is 5.99. The number of ether oxygens (including phenoxy) is 1. The van der Waals surface area contributed by atoms with Gasteiger partial charge in [0, 0.05) is 0 Å². The van der Waals surface area contributed by atoms with E-state index in [0.29, 0.717) is 5.75 Å². The van der Waals surface area contributed by atoms with Crippen molar-refractivity contribution in [3.05, 3.63) is 57.6 Å². The van der Waals surface area contributed by atoms with E-state index in [2.05, 4.69) is 5.32 Å². The van der Waals surface area contributed by atoms with Gasteiger partial charge >= 0.3 is 0 Å². The number of anilines is 1. The molecule has 0 unspecified atom stereocenters. The van der Waals surface area contributed by atoms with Gasteiger partial charge < -0.3 is 10.1 Å². The molecule has 0 atom stereocenters. The molecule has 2 rings (SSSR count). The van der Waals surface area contributed by atoms with Gasteiger partial charge in [0.25, 0.3) is 0 Å². The number of carbonyl (C=O) groups excluding carboxylic acids is 1. The maximum absolute atomic E-state index is 12.2. The molecular formula is C19H22Cl2N2O4S. The minimum absolute atomic E-state index is 0.0699. The molecule has 1 amide bonds. The zero-order chi connectivity index (χ0) is 20.9. The lowest BCUT2D eigenvalue weighted by molar-refractivity contribution is -0.119. The van der Waals surface area contributed by atoms with Crippen LogP contribution in [0, 0.1) is 13.8 Å². The molecule has 6 nitrogen and oxygen atoms in total. The molecule has 0 spiro atoms. The number of aryl methyl sites for hydroxylation is 2. The Balaban J connectivity index is 1.95. The van der Waals surface area contributed by atoms with Gasteiger partial charge in [-0.2, -0.15) is 0 Å². The number of sulfonamides is 1. The van der Waals surface area contributed by atoms with E-state index in [1.807, 2.05) is 32.0 Å². The molecule has 0 bridgehead atoms. The van der Waals surface area contributed by atoms with Gasteiger partial charge in [-0.1, -0.05) is 35.3 Å². The lowest BCUT2D eigenvalue weighted by Gasteiger charge is -2.23. The van der Waals surface area contributed by atoms with Gasteiger partial charge in [-0.05, 0) is 49.2 Å². The fraction of sp³-hybridized carbons (Fsp3) is 0.316. The van der Waals surface area contributed by atoms with Crippen LogP contribution in [0.15, 0.2) is 36.4 Å². The van der Waals surface area contributed by atoms with Crippen molar-refractivity contribution in [2.75, 3.05) is 30.3 Å². The number of carbonyl (C=O) groups is 1. The van der Waals surface area contributed by atoms with E-state index >= 15 is 0 Å². The summed E-state index contributed by atoms with van der Waals surface area (Å²) in [5.74, 6) is 0.228. The molecule has 28 heavy (non-hydrogen) atoms. The van der Waals surface area contributed by atoms with Crippen molar-refractivity contribution in [2.45, 2.75) is 13.8 Å². The van der Waals surface area contributed by atoms with Crippen molar-refractivity contribution in [1.82, 2.24) is 5.32 Å². The minimum atomic E-state index is -3.74. The molecule has 0 saturated carbocycles. The molecular weight excluding hydrogens is 423 g/mol. The number of nitrogens with one attached hydrogen (secondary N) is 1. The molecule has 152 valence electrons. The minimum Gasteiger partial charge on any atom is -0.492 e. The highest BCUT2D eigenvalue weighted by molar-refractivity contribution is 7.92. The van der Waals surface area contributed by atoms with Gasteiger partial charge in [0.1, 0.15) is 18.9 Å². The maximum atomic E-state index is 12.2. The zero-order valence-corrected chi connectivity index (χ0v) is 18.2. The van der Waals surface area contributed by atoms with Crippen molar-refractivity contribution < 1.29 is 17.9 Å². The molecule has 0 heterocycles. The van der Waals surface area contributed by atoms with E-state index in [9.17, 15) is 13.2 Å². The highest BCUT2D eigenvalue weighted by atomic mass is 35.5. The van der Waals surface area contributed by atoms with Crippen molar-refractivity contribution in [2.24, 2.45) is 0 Å². The second-order valence-electron chi connectivity index (χ2n) is 6.29. The highest BCUT2D eigenvalue weighted by Crippen LogP contribution is 2.33. The fourth-order valence-corrected chi connectivity index (χ4v) is 3.72. The molecule has 9 heteroatoms. The number of amides is 1. The van der Waals surface area contributed by atoms with Crippen LogP contribution < -0.4 is 14.4 Å². The zero-order valence-electron chi connectivity index (χ0n) is 15.8. The molecule has 0 aromatic heterocycles. The Morgan fingerprint density at radius 3 is 2.50 bits per heavy atom. The van der Waals surface area contributed by atoms with Crippen LogP contribution >= 0.6 is 23.2 Å². The summed E-state index contributed by atoms with van der Waals surface area (Å²) in [4.78, 5) is 12.2. The summed E-state index contributed by atoms with van der Waals surface area (Å²) in [6, 6.07) is 10.3. The van der Waals surface area contributed by atoms with Crippen molar-refractivity contribution in [3.63, 3.8) is 0 Å². The molecule has 2 aromatic rings. The lowest BCUT2D eigenvalue weighted by atomic mass is 10.1. The maximum Gasteiger partial charge on any atom is 0.240 e. The van der Waals surface area contributed by atoms with E-state index in [-0.39, 0.29) is 28.9 Å². The van der Waals surface area contributed by atoms with Crippen LogP contribution in [0.2, 0.25) is 10.0 Å². The first-order chi connectivity index (χ1) is 13.1. The summed E-state index contributed by atoms with van der Waals surface area (Å²) in [7, 11) is -3.74. The van der Waals surface area contributed by atoms with Crippen molar-refractivity contribution in [3.8, 4) is 5.75 Å². The Bertz CT molecular complexity index is 964. The second-order valence-corrected chi connectivity index (χ2v) is 8.98. The molecule has 0 saturated heterocycles. The quantitative estimate of drug-likeness (QED) is 0.631. The topological polar surface area (TPSA) is 75.7 Å². The predicted molar refractivity (Wildman–Crippen MR) is 113 cm³/mol. The Morgan fingerprint density at radius 2 is 1.86 bits per heavy atom. The highest BCUT2D eigenvalue weighted by Gasteiger charge is 2.23. The Morgan fingerprint density at radius 1 is 1.14 bits per heavy atom. The van der Waals surface area contributed by atoms with Gasteiger partial charge in [0.05, 0.1) is 28.5 Å². The average Bonchev–Trinajstić information content (AvgIpc) is 2.61. The summed E-state index contributed by atoms with van der Waals surface area (Å²) in [5, 5.41) is 2.91. The Hall–Kier alpha value is -1.96. The predicted octanol–water partition coefficient (Wildman–Crippen LogP) is 3.57. The normalized spacial score (nSPS) is 11.2. The first kappa shape index (κ1) is 22.3. The van der Waals surface area contributed by atoms with Gasteiger partial charge in [0.2, 0.25) is 15.9 Å². The van der Waals surface area contributed by atoms with E-state index in [4.69, 9.17) is 27.9 Å². The van der Waals surface area contributed by atoms with E-state index < -0.39 is 22.5 Å². The van der Waals surface area contributed by atoms with Crippen LogP contribution in [-0.2, 0) is 14.8 Å². The number of nitrogens with zero attached hydrogens (tertiary/aromatic N) is 1. The van der Waals surface area contributed by atoms with Gasteiger partial charge in [-0.25, -0.2) is 8.42 Å². The number of hydrogen-bond acceptors (Lipinski definition) is 4. The lowest BCUT2D eigenvalue weighted by Crippen LogP contribution is -2.41. The van der Waals surface area contributed by atoms with Crippen LogP contribution in [0.3, 0.4) is 0 Å².